The van der Waals surface area contributed by atoms with Gasteiger partial charge in [0.1, 0.15) is 5.82 Å². The molecule has 0 spiro atoms. The number of halogens is 1. The minimum atomic E-state index is -3.89. The standard InChI is InChI=1S/C19H20FN3O5S/c20-17-7-6-15(29(26,27)23-8-10-28-11-9-23)13-16(17)19(25)22-21-18(24)12-14-4-2-1-3-5-14/h1-7,13H,8-12H2,(H,21,24)(H,22,25). The van der Waals surface area contributed by atoms with Crippen LogP contribution < -0.4 is 10.9 Å². The SMILES string of the molecule is O=C(Cc1ccccc1)NNC(=O)c1cc(S(=O)(=O)N2CCOCC2)ccc1F. The highest BCUT2D eigenvalue weighted by Crippen LogP contribution is 2.20. The molecule has 2 N–H and O–H groups in total. The maximum Gasteiger partial charge on any atom is 0.272 e. The number of ether oxygens (including phenoxy) is 1. The van der Waals surface area contributed by atoms with Gasteiger partial charge < -0.3 is 4.74 Å². The Hall–Kier alpha value is -2.82. The monoisotopic (exact) mass is 421 g/mol. The maximum atomic E-state index is 14.1. The summed E-state index contributed by atoms with van der Waals surface area (Å²) in [7, 11) is -3.89. The van der Waals surface area contributed by atoms with Crippen molar-refractivity contribution < 1.29 is 27.1 Å². The van der Waals surface area contributed by atoms with E-state index in [1.165, 1.54) is 4.31 Å². The summed E-state index contributed by atoms with van der Waals surface area (Å²) in [6.07, 6.45) is 0.0229. The molecule has 29 heavy (non-hydrogen) atoms. The van der Waals surface area contributed by atoms with E-state index in [2.05, 4.69) is 10.9 Å². The third kappa shape index (κ3) is 5.17. The highest BCUT2D eigenvalue weighted by atomic mass is 32.2. The van der Waals surface area contributed by atoms with E-state index in [0.717, 1.165) is 23.8 Å². The van der Waals surface area contributed by atoms with Crippen LogP contribution in [-0.2, 0) is 26.0 Å². The largest absolute Gasteiger partial charge is 0.379 e. The van der Waals surface area contributed by atoms with Crippen LogP contribution in [0, 0.1) is 5.82 Å². The van der Waals surface area contributed by atoms with Gasteiger partial charge in [0.25, 0.3) is 5.91 Å². The van der Waals surface area contributed by atoms with Gasteiger partial charge in [-0.05, 0) is 23.8 Å². The number of hydrazine groups is 1. The zero-order chi connectivity index (χ0) is 20.9. The van der Waals surface area contributed by atoms with Gasteiger partial charge in [0.15, 0.2) is 0 Å². The fourth-order valence-corrected chi connectivity index (χ4v) is 4.23. The number of sulfonamides is 1. The molecule has 0 atom stereocenters. The summed E-state index contributed by atoms with van der Waals surface area (Å²) in [5, 5.41) is 0. The second-order valence-electron chi connectivity index (χ2n) is 6.32. The number of nitrogens with one attached hydrogen (secondary N) is 2. The van der Waals surface area contributed by atoms with Gasteiger partial charge in [0.2, 0.25) is 15.9 Å². The van der Waals surface area contributed by atoms with Crippen molar-refractivity contribution in [1.82, 2.24) is 15.2 Å². The number of morpholine rings is 1. The van der Waals surface area contributed by atoms with Crippen LogP contribution in [0.15, 0.2) is 53.4 Å². The third-order valence-electron chi connectivity index (χ3n) is 4.31. The first-order chi connectivity index (χ1) is 13.9. The van der Waals surface area contributed by atoms with Crippen LogP contribution in [0.1, 0.15) is 15.9 Å². The Labute approximate surface area is 167 Å². The third-order valence-corrected chi connectivity index (χ3v) is 6.21. The Morgan fingerprint density at radius 2 is 1.72 bits per heavy atom. The van der Waals surface area contributed by atoms with Gasteiger partial charge >= 0.3 is 0 Å². The zero-order valence-corrected chi connectivity index (χ0v) is 16.2. The number of amides is 2. The minimum absolute atomic E-state index is 0.0229. The summed E-state index contributed by atoms with van der Waals surface area (Å²) in [6.45, 7) is 0.885. The Bertz CT molecular complexity index is 992. The number of benzene rings is 2. The van der Waals surface area contributed by atoms with Crippen molar-refractivity contribution in [3.8, 4) is 0 Å². The summed E-state index contributed by atoms with van der Waals surface area (Å²) in [4.78, 5) is 24.0. The number of nitrogens with zero attached hydrogens (tertiary/aromatic N) is 1. The zero-order valence-electron chi connectivity index (χ0n) is 15.4. The average Bonchev–Trinajstić information content (AvgIpc) is 2.73. The first kappa shape index (κ1) is 20.9. The average molecular weight is 421 g/mol. The molecule has 1 saturated heterocycles. The molecule has 8 nitrogen and oxygen atoms in total. The number of carbonyl (C=O) groups is 2. The predicted octanol–water partition coefficient (Wildman–Crippen LogP) is 0.850. The molecular weight excluding hydrogens is 401 g/mol. The number of hydrogen-bond acceptors (Lipinski definition) is 5. The van der Waals surface area contributed by atoms with Crippen LogP contribution in [0.5, 0.6) is 0 Å². The Balaban J connectivity index is 1.68. The Morgan fingerprint density at radius 3 is 2.41 bits per heavy atom. The summed E-state index contributed by atoms with van der Waals surface area (Å²) in [6, 6.07) is 11.8. The first-order valence-corrected chi connectivity index (χ1v) is 10.3. The number of rotatable bonds is 5. The number of carbonyl (C=O) groups excluding carboxylic acids is 2. The maximum absolute atomic E-state index is 14.1. The van der Waals surface area contributed by atoms with Crippen molar-refractivity contribution in [2.45, 2.75) is 11.3 Å². The molecule has 0 radical (unpaired) electrons. The Kier molecular flexibility index (Phi) is 6.57. The summed E-state index contributed by atoms with van der Waals surface area (Å²) in [5.74, 6) is -2.36. The molecule has 0 bridgehead atoms. The topological polar surface area (TPSA) is 105 Å². The van der Waals surface area contributed by atoms with Crippen molar-refractivity contribution in [3.05, 3.63) is 65.5 Å². The molecule has 1 fully saturated rings. The molecule has 2 aromatic rings. The fraction of sp³-hybridized carbons (Fsp3) is 0.263. The van der Waals surface area contributed by atoms with Crippen molar-refractivity contribution >= 4 is 21.8 Å². The van der Waals surface area contributed by atoms with Gasteiger partial charge in [-0.2, -0.15) is 4.31 Å². The van der Waals surface area contributed by atoms with Crippen LogP contribution in [0.4, 0.5) is 4.39 Å². The molecule has 0 saturated carbocycles. The fourth-order valence-electron chi connectivity index (χ4n) is 2.79. The number of hydrogen-bond donors (Lipinski definition) is 2. The van der Waals surface area contributed by atoms with Crippen molar-refractivity contribution in [2.24, 2.45) is 0 Å². The van der Waals surface area contributed by atoms with E-state index in [4.69, 9.17) is 4.74 Å². The van der Waals surface area contributed by atoms with Gasteiger partial charge in [0.05, 0.1) is 30.1 Å². The molecule has 1 aliphatic heterocycles. The van der Waals surface area contributed by atoms with E-state index in [9.17, 15) is 22.4 Å². The minimum Gasteiger partial charge on any atom is -0.379 e. The molecule has 0 aromatic heterocycles. The van der Waals surface area contributed by atoms with Gasteiger partial charge in [0, 0.05) is 13.1 Å². The summed E-state index contributed by atoms with van der Waals surface area (Å²) < 4.78 is 45.9. The van der Waals surface area contributed by atoms with Crippen LogP contribution in [0.25, 0.3) is 0 Å². The van der Waals surface area contributed by atoms with Crippen LogP contribution in [0.2, 0.25) is 0 Å². The van der Waals surface area contributed by atoms with Crippen LogP contribution in [-0.4, -0.2) is 50.8 Å². The molecule has 154 valence electrons. The van der Waals surface area contributed by atoms with E-state index >= 15 is 0 Å². The van der Waals surface area contributed by atoms with Crippen molar-refractivity contribution in [1.29, 1.82) is 0 Å². The molecule has 1 heterocycles. The predicted molar refractivity (Wildman–Crippen MR) is 102 cm³/mol. The van der Waals surface area contributed by atoms with Crippen molar-refractivity contribution in [3.63, 3.8) is 0 Å². The molecule has 1 aliphatic rings. The van der Waals surface area contributed by atoms with Crippen LogP contribution in [0.3, 0.4) is 0 Å². The van der Waals surface area contributed by atoms with E-state index in [0.29, 0.717) is 0 Å². The van der Waals surface area contributed by atoms with E-state index in [1.807, 2.05) is 6.07 Å². The lowest BCUT2D eigenvalue weighted by Gasteiger charge is -2.26. The van der Waals surface area contributed by atoms with Crippen molar-refractivity contribution in [2.75, 3.05) is 26.3 Å². The van der Waals surface area contributed by atoms with E-state index in [-0.39, 0.29) is 37.6 Å². The van der Waals surface area contributed by atoms with Gasteiger partial charge in [-0.15, -0.1) is 0 Å². The smallest absolute Gasteiger partial charge is 0.272 e. The second kappa shape index (κ2) is 9.12. The van der Waals surface area contributed by atoms with Crippen LogP contribution >= 0.6 is 0 Å². The molecule has 2 amide bonds. The quantitative estimate of drug-likeness (QED) is 0.697. The van der Waals surface area contributed by atoms with Gasteiger partial charge in [-0.25, -0.2) is 12.8 Å². The van der Waals surface area contributed by atoms with E-state index < -0.39 is 33.2 Å². The first-order valence-electron chi connectivity index (χ1n) is 8.88. The second-order valence-corrected chi connectivity index (χ2v) is 8.26. The molecule has 10 heteroatoms. The molecule has 0 aliphatic carbocycles. The molecule has 0 unspecified atom stereocenters. The Morgan fingerprint density at radius 1 is 1.03 bits per heavy atom. The summed E-state index contributed by atoms with van der Waals surface area (Å²) >= 11 is 0. The lowest BCUT2D eigenvalue weighted by atomic mass is 10.1. The van der Waals surface area contributed by atoms with E-state index in [1.54, 1.807) is 24.3 Å². The highest BCUT2D eigenvalue weighted by Gasteiger charge is 2.28. The van der Waals surface area contributed by atoms with Gasteiger partial charge in [-0.1, -0.05) is 30.3 Å². The van der Waals surface area contributed by atoms with Gasteiger partial charge in [-0.3, -0.25) is 20.4 Å². The lowest BCUT2D eigenvalue weighted by molar-refractivity contribution is -0.121. The highest BCUT2D eigenvalue weighted by molar-refractivity contribution is 7.89. The normalized spacial score (nSPS) is 14.9. The molecule has 3 rings (SSSR count). The molecule has 2 aromatic carbocycles. The molecular formula is C19H20FN3O5S. The lowest BCUT2D eigenvalue weighted by Crippen LogP contribution is -2.43. The summed E-state index contributed by atoms with van der Waals surface area (Å²) in [5.41, 5.74) is 4.56.